The minimum atomic E-state index is -3.32. The molecule has 1 aliphatic heterocycles. The fourth-order valence-electron chi connectivity index (χ4n) is 3.35. The molecule has 0 unspecified atom stereocenters. The van der Waals surface area contributed by atoms with Gasteiger partial charge in [0.25, 0.3) is 5.91 Å². The second kappa shape index (κ2) is 6.65. The zero-order chi connectivity index (χ0) is 19.2. The van der Waals surface area contributed by atoms with Crippen molar-refractivity contribution in [1.29, 1.82) is 0 Å². The molecular weight excluding hydrogens is 380 g/mol. The molecule has 1 amide bonds. The predicted molar refractivity (Wildman–Crippen MR) is 110 cm³/mol. The van der Waals surface area contributed by atoms with Crippen LogP contribution in [0.3, 0.4) is 0 Å². The van der Waals surface area contributed by atoms with Gasteiger partial charge in [-0.15, -0.1) is 11.3 Å². The molecule has 1 aromatic heterocycles. The maximum absolute atomic E-state index is 13.0. The van der Waals surface area contributed by atoms with Gasteiger partial charge in [0, 0.05) is 24.8 Å². The molecule has 0 saturated heterocycles. The van der Waals surface area contributed by atoms with Crippen LogP contribution in [-0.4, -0.2) is 39.1 Å². The number of rotatable bonds is 3. The highest BCUT2D eigenvalue weighted by Crippen LogP contribution is 2.31. The highest BCUT2D eigenvalue weighted by Gasteiger charge is 2.23. The molecule has 0 aliphatic carbocycles. The van der Waals surface area contributed by atoms with Gasteiger partial charge in [0.15, 0.2) is 0 Å². The van der Waals surface area contributed by atoms with Crippen molar-refractivity contribution in [3.63, 3.8) is 0 Å². The van der Waals surface area contributed by atoms with Crippen molar-refractivity contribution < 1.29 is 13.2 Å². The average molecular weight is 401 g/mol. The van der Waals surface area contributed by atoms with E-state index in [9.17, 15) is 13.2 Å². The highest BCUT2D eigenvalue weighted by molar-refractivity contribution is 7.92. The summed E-state index contributed by atoms with van der Waals surface area (Å²) in [6.45, 7) is 1.34. The topological polar surface area (TPSA) is 57.7 Å². The Morgan fingerprint density at radius 1 is 1.11 bits per heavy atom. The molecule has 0 spiro atoms. The van der Waals surface area contributed by atoms with Gasteiger partial charge in [0.1, 0.15) is 0 Å². The third-order valence-electron chi connectivity index (χ3n) is 4.99. The SMILES string of the molecule is CN(c1ccc2sc(C(=O)N3CCc4ccccc4C3)cc2c1)S(C)(=O)=O. The molecule has 7 heteroatoms. The fourth-order valence-corrected chi connectivity index (χ4v) is 4.86. The summed E-state index contributed by atoms with van der Waals surface area (Å²) >= 11 is 1.45. The first kappa shape index (κ1) is 18.0. The Hall–Kier alpha value is -2.38. The molecule has 1 aliphatic rings. The van der Waals surface area contributed by atoms with Gasteiger partial charge < -0.3 is 4.90 Å². The number of fused-ring (bicyclic) bond motifs is 2. The second-order valence-electron chi connectivity index (χ2n) is 6.81. The van der Waals surface area contributed by atoms with E-state index in [0.29, 0.717) is 23.7 Å². The summed E-state index contributed by atoms with van der Waals surface area (Å²) < 4.78 is 25.7. The van der Waals surface area contributed by atoms with E-state index in [4.69, 9.17) is 0 Å². The van der Waals surface area contributed by atoms with Crippen LogP contribution in [0.4, 0.5) is 5.69 Å². The number of carbonyl (C=O) groups excluding carboxylic acids is 1. The minimum absolute atomic E-state index is 0.0312. The first-order chi connectivity index (χ1) is 12.8. The number of sulfonamides is 1. The normalized spacial score (nSPS) is 14.2. The summed E-state index contributed by atoms with van der Waals surface area (Å²) in [6.07, 6.45) is 2.05. The first-order valence-corrected chi connectivity index (χ1v) is 11.3. The molecule has 0 N–H and O–H groups in total. The molecule has 0 atom stereocenters. The van der Waals surface area contributed by atoms with E-state index in [0.717, 1.165) is 16.5 Å². The molecule has 4 rings (SSSR count). The van der Waals surface area contributed by atoms with Crippen molar-refractivity contribution in [3.05, 3.63) is 64.5 Å². The van der Waals surface area contributed by atoms with E-state index in [1.165, 1.54) is 40.1 Å². The third kappa shape index (κ3) is 3.44. The van der Waals surface area contributed by atoms with Crippen molar-refractivity contribution in [3.8, 4) is 0 Å². The maximum atomic E-state index is 13.0. The Morgan fingerprint density at radius 3 is 2.59 bits per heavy atom. The highest BCUT2D eigenvalue weighted by atomic mass is 32.2. The molecule has 0 radical (unpaired) electrons. The van der Waals surface area contributed by atoms with Crippen molar-refractivity contribution in [2.75, 3.05) is 24.2 Å². The summed E-state index contributed by atoms with van der Waals surface area (Å²) in [4.78, 5) is 15.6. The van der Waals surface area contributed by atoms with E-state index in [1.54, 1.807) is 6.07 Å². The van der Waals surface area contributed by atoms with Gasteiger partial charge in [-0.25, -0.2) is 8.42 Å². The summed E-state index contributed by atoms with van der Waals surface area (Å²) in [6, 6.07) is 15.6. The molecule has 3 aromatic rings. The minimum Gasteiger partial charge on any atom is -0.333 e. The zero-order valence-corrected chi connectivity index (χ0v) is 16.8. The molecule has 5 nitrogen and oxygen atoms in total. The van der Waals surface area contributed by atoms with E-state index in [1.807, 2.05) is 35.2 Å². The second-order valence-corrected chi connectivity index (χ2v) is 9.91. The Morgan fingerprint density at radius 2 is 1.85 bits per heavy atom. The molecule has 2 heterocycles. The van der Waals surface area contributed by atoms with Gasteiger partial charge >= 0.3 is 0 Å². The van der Waals surface area contributed by atoms with E-state index in [2.05, 4.69) is 12.1 Å². The summed E-state index contributed by atoms with van der Waals surface area (Å²) in [5.74, 6) is 0.0312. The predicted octanol–water partition coefficient (Wildman–Crippen LogP) is 3.50. The quantitative estimate of drug-likeness (QED) is 0.676. The Bertz CT molecular complexity index is 1140. The molecule has 0 bridgehead atoms. The molecule has 140 valence electrons. The van der Waals surface area contributed by atoms with Gasteiger partial charge in [0.2, 0.25) is 10.0 Å². The van der Waals surface area contributed by atoms with Gasteiger partial charge in [-0.2, -0.15) is 0 Å². The number of amides is 1. The van der Waals surface area contributed by atoms with Crippen LogP contribution in [-0.2, 0) is 23.0 Å². The molecule has 0 fully saturated rings. The van der Waals surface area contributed by atoms with Gasteiger partial charge in [-0.3, -0.25) is 9.10 Å². The monoisotopic (exact) mass is 400 g/mol. The van der Waals surface area contributed by atoms with Crippen LogP contribution in [0.1, 0.15) is 20.8 Å². The number of anilines is 1. The lowest BCUT2D eigenvalue weighted by Crippen LogP contribution is -2.35. The zero-order valence-electron chi connectivity index (χ0n) is 15.2. The number of carbonyl (C=O) groups is 1. The van der Waals surface area contributed by atoms with Gasteiger partial charge in [-0.1, -0.05) is 24.3 Å². The summed E-state index contributed by atoms with van der Waals surface area (Å²) in [5, 5.41) is 0.883. The third-order valence-corrected chi connectivity index (χ3v) is 7.30. The largest absolute Gasteiger partial charge is 0.333 e. The summed E-state index contributed by atoms with van der Waals surface area (Å²) in [7, 11) is -1.79. The van der Waals surface area contributed by atoms with Crippen molar-refractivity contribution in [2.24, 2.45) is 0 Å². The fraction of sp³-hybridized carbons (Fsp3) is 0.250. The lowest BCUT2D eigenvalue weighted by atomic mass is 10.00. The van der Waals surface area contributed by atoms with E-state index in [-0.39, 0.29) is 5.91 Å². The van der Waals surface area contributed by atoms with Crippen molar-refractivity contribution >= 4 is 43.0 Å². The van der Waals surface area contributed by atoms with Crippen LogP contribution in [0.2, 0.25) is 0 Å². The van der Waals surface area contributed by atoms with Gasteiger partial charge in [0.05, 0.1) is 16.8 Å². The summed E-state index contributed by atoms with van der Waals surface area (Å²) in [5.41, 5.74) is 3.11. The van der Waals surface area contributed by atoms with Crippen LogP contribution in [0.5, 0.6) is 0 Å². The smallest absolute Gasteiger partial charge is 0.264 e. The Balaban J connectivity index is 1.62. The van der Waals surface area contributed by atoms with E-state index < -0.39 is 10.0 Å². The van der Waals surface area contributed by atoms with Crippen LogP contribution in [0, 0.1) is 0 Å². The number of hydrogen-bond donors (Lipinski definition) is 0. The van der Waals surface area contributed by atoms with Crippen LogP contribution >= 0.6 is 11.3 Å². The average Bonchev–Trinajstić information content (AvgIpc) is 3.08. The molecule has 0 saturated carbocycles. The first-order valence-electron chi connectivity index (χ1n) is 8.66. The lowest BCUT2D eigenvalue weighted by molar-refractivity contribution is 0.0739. The number of benzene rings is 2. The standard InChI is InChI=1S/C20H20N2O3S2/c1-21(27(2,24)25)17-7-8-18-16(11-17)12-19(26-18)20(23)22-10-9-14-5-3-4-6-15(14)13-22/h3-8,11-12H,9-10,13H2,1-2H3. The Kier molecular flexibility index (Phi) is 4.44. The maximum Gasteiger partial charge on any atom is 0.264 e. The van der Waals surface area contributed by atoms with Gasteiger partial charge in [-0.05, 0) is 47.2 Å². The number of thiophene rings is 1. The number of hydrogen-bond acceptors (Lipinski definition) is 4. The van der Waals surface area contributed by atoms with Crippen LogP contribution < -0.4 is 4.31 Å². The molecular formula is C20H20N2O3S2. The van der Waals surface area contributed by atoms with Crippen LogP contribution in [0.25, 0.3) is 10.1 Å². The van der Waals surface area contributed by atoms with Crippen molar-refractivity contribution in [2.45, 2.75) is 13.0 Å². The number of nitrogens with zero attached hydrogens (tertiary/aromatic N) is 2. The van der Waals surface area contributed by atoms with E-state index >= 15 is 0 Å². The lowest BCUT2D eigenvalue weighted by Gasteiger charge is -2.28. The molecule has 2 aromatic carbocycles. The Labute approximate surface area is 162 Å². The van der Waals surface area contributed by atoms with Crippen molar-refractivity contribution in [1.82, 2.24) is 4.90 Å². The van der Waals surface area contributed by atoms with Crippen LogP contribution in [0.15, 0.2) is 48.5 Å². The molecule has 27 heavy (non-hydrogen) atoms.